The zero-order chi connectivity index (χ0) is 13.3. The summed E-state index contributed by atoms with van der Waals surface area (Å²) in [4.78, 5) is 25.0. The Bertz CT molecular complexity index is 503. The van der Waals surface area contributed by atoms with E-state index in [9.17, 15) is 14.7 Å². The zero-order valence-electron chi connectivity index (χ0n) is 9.54. The molecule has 0 radical (unpaired) electrons. The van der Waals surface area contributed by atoms with Crippen LogP contribution in [0, 0.1) is 0 Å². The van der Waals surface area contributed by atoms with Gasteiger partial charge in [-0.25, -0.2) is 4.79 Å². The van der Waals surface area contributed by atoms with Crippen LogP contribution in [0.1, 0.15) is 0 Å². The molecular weight excluding hydrogens is 238 g/mol. The average molecular weight is 251 g/mol. The second-order valence-corrected chi connectivity index (χ2v) is 3.99. The first-order valence-electron chi connectivity index (χ1n) is 5.36. The van der Waals surface area contributed by atoms with Crippen LogP contribution in [0.25, 0.3) is 0 Å². The quantitative estimate of drug-likeness (QED) is 0.491. The van der Waals surface area contributed by atoms with Crippen LogP contribution in [0.2, 0.25) is 0 Å². The van der Waals surface area contributed by atoms with E-state index in [2.05, 4.69) is 0 Å². The molecule has 7 heteroatoms. The van der Waals surface area contributed by atoms with E-state index in [1.54, 1.807) is 6.07 Å². The Morgan fingerprint density at radius 2 is 2.06 bits per heavy atom. The summed E-state index contributed by atoms with van der Waals surface area (Å²) < 4.78 is 0. The number of nitrogen functional groups attached to an aromatic ring is 1. The van der Waals surface area contributed by atoms with Crippen molar-refractivity contribution in [3.8, 4) is 5.75 Å². The van der Waals surface area contributed by atoms with Crippen LogP contribution in [-0.4, -0.2) is 46.7 Å². The maximum absolute atomic E-state index is 11.8. The molecule has 1 aromatic carbocycles. The first-order valence-corrected chi connectivity index (χ1v) is 5.36. The fourth-order valence-corrected chi connectivity index (χ4v) is 1.81. The number of nitrogens with two attached hydrogens (primary N) is 1. The van der Waals surface area contributed by atoms with E-state index in [4.69, 9.17) is 10.8 Å². The van der Waals surface area contributed by atoms with Gasteiger partial charge in [-0.2, -0.15) is 0 Å². The number of hydrogen-bond donors (Lipinski definition) is 3. The van der Waals surface area contributed by atoms with Gasteiger partial charge in [0.2, 0.25) is 5.91 Å². The van der Waals surface area contributed by atoms with E-state index in [0.29, 0.717) is 5.69 Å². The molecule has 1 fully saturated rings. The molecule has 0 bridgehead atoms. The highest BCUT2D eigenvalue weighted by molar-refractivity contribution is 5.97. The van der Waals surface area contributed by atoms with Gasteiger partial charge in [0.1, 0.15) is 12.3 Å². The molecule has 0 unspecified atom stereocenters. The summed E-state index contributed by atoms with van der Waals surface area (Å²) in [6.07, 6.45) is -1.11. The number of aromatic hydroxyl groups is 1. The molecule has 4 N–H and O–H groups in total. The van der Waals surface area contributed by atoms with Crippen molar-refractivity contribution in [2.45, 2.75) is 0 Å². The van der Waals surface area contributed by atoms with Gasteiger partial charge in [-0.1, -0.05) is 0 Å². The minimum absolute atomic E-state index is 0.0963. The summed E-state index contributed by atoms with van der Waals surface area (Å²) in [6.45, 7) is 0.321. The highest BCUT2D eigenvalue weighted by Gasteiger charge is 2.27. The molecule has 18 heavy (non-hydrogen) atoms. The fourth-order valence-electron chi connectivity index (χ4n) is 1.81. The molecule has 0 aromatic heterocycles. The Morgan fingerprint density at radius 3 is 2.61 bits per heavy atom. The first-order chi connectivity index (χ1) is 8.49. The Balaban J connectivity index is 2.18. The maximum Gasteiger partial charge on any atom is 0.407 e. The summed E-state index contributed by atoms with van der Waals surface area (Å²) in [5, 5.41) is 18.3. The van der Waals surface area contributed by atoms with Crippen LogP contribution in [0.3, 0.4) is 0 Å². The number of benzene rings is 1. The number of piperazine rings is 1. The molecule has 1 aromatic rings. The minimum Gasteiger partial charge on any atom is -0.506 e. The van der Waals surface area contributed by atoms with Gasteiger partial charge in [-0.15, -0.1) is 0 Å². The molecule has 1 aliphatic heterocycles. The second kappa shape index (κ2) is 4.44. The van der Waals surface area contributed by atoms with Crippen LogP contribution in [0.4, 0.5) is 16.2 Å². The van der Waals surface area contributed by atoms with E-state index in [1.165, 1.54) is 17.0 Å². The number of phenolic OH excluding ortho intramolecular Hbond substituents is 1. The summed E-state index contributed by atoms with van der Waals surface area (Å²) in [5.74, 6) is -0.422. The predicted molar refractivity (Wildman–Crippen MR) is 64.5 cm³/mol. The Kier molecular flexibility index (Phi) is 2.97. The smallest absolute Gasteiger partial charge is 0.407 e. The third-order valence-electron chi connectivity index (χ3n) is 2.82. The molecule has 1 aliphatic rings. The standard InChI is InChI=1S/C11H13N3O4/c12-8-2-1-7(5-9(8)15)14-4-3-13(11(17)18)6-10(14)16/h1-2,5,15H,3-4,6,12H2,(H,17,18). The number of hydrogen-bond acceptors (Lipinski definition) is 4. The summed E-state index contributed by atoms with van der Waals surface area (Å²) in [7, 11) is 0. The van der Waals surface area contributed by atoms with E-state index in [-0.39, 0.29) is 37.0 Å². The SMILES string of the molecule is Nc1ccc(N2CCN(C(=O)O)CC2=O)cc1O. The van der Waals surface area contributed by atoms with E-state index in [1.807, 2.05) is 0 Å². The van der Waals surface area contributed by atoms with E-state index < -0.39 is 6.09 Å². The molecule has 0 atom stereocenters. The Labute approximate surface area is 103 Å². The third kappa shape index (κ3) is 2.15. The topological polar surface area (TPSA) is 107 Å². The number of anilines is 2. The summed E-state index contributed by atoms with van der Waals surface area (Å²) in [5.41, 5.74) is 6.22. The monoisotopic (exact) mass is 251 g/mol. The van der Waals surface area contributed by atoms with Gasteiger partial charge in [0.25, 0.3) is 0 Å². The second-order valence-electron chi connectivity index (χ2n) is 3.99. The number of nitrogens with zero attached hydrogens (tertiary/aromatic N) is 2. The summed E-state index contributed by atoms with van der Waals surface area (Å²) in [6, 6.07) is 4.51. The van der Waals surface area contributed by atoms with Gasteiger partial charge in [-0.05, 0) is 12.1 Å². The lowest BCUT2D eigenvalue weighted by atomic mass is 10.2. The first kappa shape index (κ1) is 12.0. The van der Waals surface area contributed by atoms with Crippen LogP contribution >= 0.6 is 0 Å². The van der Waals surface area contributed by atoms with Crippen molar-refractivity contribution >= 4 is 23.4 Å². The highest BCUT2D eigenvalue weighted by Crippen LogP contribution is 2.27. The van der Waals surface area contributed by atoms with Crippen molar-refractivity contribution in [3.05, 3.63) is 18.2 Å². The number of carboxylic acid groups (broad SMARTS) is 1. The lowest BCUT2D eigenvalue weighted by Gasteiger charge is -2.32. The van der Waals surface area contributed by atoms with Crippen LogP contribution in [0.15, 0.2) is 18.2 Å². The van der Waals surface area contributed by atoms with E-state index in [0.717, 1.165) is 4.90 Å². The molecule has 96 valence electrons. The normalized spacial score (nSPS) is 15.9. The van der Waals surface area contributed by atoms with E-state index >= 15 is 0 Å². The van der Waals surface area contributed by atoms with Gasteiger partial charge < -0.3 is 20.8 Å². The van der Waals surface area contributed by atoms with Crippen molar-refractivity contribution < 1.29 is 19.8 Å². The van der Waals surface area contributed by atoms with Crippen LogP contribution < -0.4 is 10.6 Å². The number of carbonyl (C=O) groups excluding carboxylic acids is 1. The Hall–Kier alpha value is -2.44. The van der Waals surface area contributed by atoms with Crippen molar-refractivity contribution in [1.82, 2.24) is 4.90 Å². The van der Waals surface area contributed by atoms with Gasteiger partial charge in [-0.3, -0.25) is 9.69 Å². The number of amides is 2. The predicted octanol–water partition coefficient (Wildman–Crippen LogP) is 0.301. The molecular formula is C11H13N3O4. The van der Waals surface area contributed by atoms with Gasteiger partial charge in [0.15, 0.2) is 0 Å². The average Bonchev–Trinajstić information content (AvgIpc) is 2.32. The van der Waals surface area contributed by atoms with Crippen molar-refractivity contribution in [2.75, 3.05) is 30.3 Å². The molecule has 1 heterocycles. The van der Waals surface area contributed by atoms with Crippen LogP contribution in [0.5, 0.6) is 5.75 Å². The molecule has 7 nitrogen and oxygen atoms in total. The third-order valence-corrected chi connectivity index (χ3v) is 2.82. The minimum atomic E-state index is -1.11. The van der Waals surface area contributed by atoms with Crippen molar-refractivity contribution in [1.29, 1.82) is 0 Å². The van der Waals surface area contributed by atoms with Gasteiger partial charge in [0, 0.05) is 24.8 Å². The fraction of sp³-hybridized carbons (Fsp3) is 0.273. The molecule has 0 saturated carbocycles. The van der Waals surface area contributed by atoms with Gasteiger partial charge >= 0.3 is 6.09 Å². The van der Waals surface area contributed by atoms with Crippen molar-refractivity contribution in [3.63, 3.8) is 0 Å². The Morgan fingerprint density at radius 1 is 1.33 bits per heavy atom. The maximum atomic E-state index is 11.8. The molecule has 0 aliphatic carbocycles. The van der Waals surface area contributed by atoms with Crippen LogP contribution in [-0.2, 0) is 4.79 Å². The van der Waals surface area contributed by atoms with Crippen molar-refractivity contribution in [2.24, 2.45) is 0 Å². The zero-order valence-corrected chi connectivity index (χ0v) is 9.54. The molecule has 2 rings (SSSR count). The molecule has 0 spiro atoms. The number of carbonyl (C=O) groups is 2. The highest BCUT2D eigenvalue weighted by atomic mass is 16.4. The lowest BCUT2D eigenvalue weighted by Crippen LogP contribution is -2.52. The number of rotatable bonds is 1. The van der Waals surface area contributed by atoms with Gasteiger partial charge in [0.05, 0.1) is 5.69 Å². The lowest BCUT2D eigenvalue weighted by molar-refractivity contribution is -0.120. The molecule has 1 saturated heterocycles. The molecule has 2 amide bonds. The summed E-state index contributed by atoms with van der Waals surface area (Å²) >= 11 is 0. The number of phenols is 1. The largest absolute Gasteiger partial charge is 0.506 e.